The number of para-hydroxylation sites is 1. The highest BCUT2D eigenvalue weighted by Crippen LogP contribution is 2.35. The van der Waals surface area contributed by atoms with Crippen molar-refractivity contribution < 1.29 is 14.4 Å². The normalized spacial score (nSPS) is 16.2. The standard InChI is InChI=1S/C19H16N2O3S/c22-17-12-25-16-9-4-3-8-15(16)20(17)10-5-11-21-18(23)13-6-1-2-7-14(13)19(21)24/h1-4,6-9H,5,10-12H2. The maximum absolute atomic E-state index is 12.4. The minimum atomic E-state index is -0.249. The van der Waals surface area contributed by atoms with Crippen LogP contribution in [0, 0.1) is 0 Å². The van der Waals surface area contributed by atoms with E-state index in [0.29, 0.717) is 36.4 Å². The van der Waals surface area contributed by atoms with Gasteiger partial charge in [-0.1, -0.05) is 24.3 Å². The first-order valence-corrected chi connectivity index (χ1v) is 9.13. The second-order valence-corrected chi connectivity index (χ2v) is 6.98. The summed E-state index contributed by atoms with van der Waals surface area (Å²) in [6.07, 6.45) is 0.552. The van der Waals surface area contributed by atoms with Crippen LogP contribution in [0.4, 0.5) is 5.69 Å². The van der Waals surface area contributed by atoms with E-state index in [1.165, 1.54) is 4.90 Å². The molecule has 3 amide bonds. The SMILES string of the molecule is O=C1c2ccccc2C(=O)N1CCCN1C(=O)CSc2ccccc21. The number of anilines is 1. The van der Waals surface area contributed by atoms with Crippen LogP contribution in [0.25, 0.3) is 0 Å². The summed E-state index contributed by atoms with van der Waals surface area (Å²) in [5, 5.41) is 0. The lowest BCUT2D eigenvalue weighted by atomic mass is 10.1. The molecule has 25 heavy (non-hydrogen) atoms. The molecule has 2 heterocycles. The molecule has 0 saturated heterocycles. The Morgan fingerprint density at radius 3 is 2.12 bits per heavy atom. The molecule has 0 aliphatic carbocycles. The molecule has 0 atom stereocenters. The first-order valence-electron chi connectivity index (χ1n) is 8.14. The van der Waals surface area contributed by atoms with Gasteiger partial charge in [0.05, 0.1) is 22.6 Å². The number of carbonyl (C=O) groups is 3. The average molecular weight is 352 g/mol. The number of benzene rings is 2. The fourth-order valence-electron chi connectivity index (χ4n) is 3.23. The van der Waals surface area contributed by atoms with Gasteiger partial charge in [0.25, 0.3) is 11.8 Å². The Labute approximate surface area is 149 Å². The first-order chi connectivity index (χ1) is 12.2. The van der Waals surface area contributed by atoms with Crippen LogP contribution in [0.5, 0.6) is 0 Å². The zero-order valence-corrected chi connectivity index (χ0v) is 14.3. The Kier molecular flexibility index (Phi) is 4.05. The maximum atomic E-state index is 12.4. The second-order valence-electron chi connectivity index (χ2n) is 5.96. The number of hydrogen-bond acceptors (Lipinski definition) is 4. The number of nitrogens with zero attached hydrogens (tertiary/aromatic N) is 2. The average Bonchev–Trinajstić information content (AvgIpc) is 2.88. The van der Waals surface area contributed by atoms with Gasteiger partial charge in [-0.05, 0) is 30.7 Å². The van der Waals surface area contributed by atoms with Crippen LogP contribution < -0.4 is 4.90 Å². The third-order valence-electron chi connectivity index (χ3n) is 4.45. The number of rotatable bonds is 4. The van der Waals surface area contributed by atoms with Crippen molar-refractivity contribution in [3.63, 3.8) is 0 Å². The van der Waals surface area contributed by atoms with Crippen LogP contribution in [-0.2, 0) is 4.79 Å². The summed E-state index contributed by atoms with van der Waals surface area (Å²) in [6.45, 7) is 0.801. The van der Waals surface area contributed by atoms with E-state index in [2.05, 4.69) is 0 Å². The van der Waals surface area contributed by atoms with Crippen molar-refractivity contribution in [3.8, 4) is 0 Å². The summed E-state index contributed by atoms with van der Waals surface area (Å²) in [5.74, 6) is -0.0153. The lowest BCUT2D eigenvalue weighted by Crippen LogP contribution is -2.38. The van der Waals surface area contributed by atoms with Gasteiger partial charge in [0.15, 0.2) is 0 Å². The molecule has 0 N–H and O–H groups in total. The summed E-state index contributed by atoms with van der Waals surface area (Å²) < 4.78 is 0. The highest BCUT2D eigenvalue weighted by molar-refractivity contribution is 8.00. The minimum Gasteiger partial charge on any atom is -0.311 e. The van der Waals surface area contributed by atoms with Crippen molar-refractivity contribution in [3.05, 3.63) is 59.7 Å². The number of fused-ring (bicyclic) bond motifs is 2. The lowest BCUT2D eigenvalue weighted by molar-refractivity contribution is -0.116. The Balaban J connectivity index is 1.45. The summed E-state index contributed by atoms with van der Waals surface area (Å²) >= 11 is 1.54. The van der Waals surface area contributed by atoms with Gasteiger partial charge in [-0.25, -0.2) is 0 Å². The fraction of sp³-hybridized carbons (Fsp3) is 0.211. The number of imide groups is 1. The van der Waals surface area contributed by atoms with Crippen molar-refractivity contribution >= 4 is 35.2 Å². The molecule has 2 aliphatic heterocycles. The summed E-state index contributed by atoms with van der Waals surface area (Å²) in [6, 6.07) is 14.7. The molecule has 5 nitrogen and oxygen atoms in total. The smallest absolute Gasteiger partial charge is 0.261 e. The Bertz CT molecular complexity index is 845. The second kappa shape index (κ2) is 6.37. The van der Waals surface area contributed by atoms with Crippen LogP contribution in [0.15, 0.2) is 53.4 Å². The van der Waals surface area contributed by atoms with Gasteiger partial charge in [0, 0.05) is 18.0 Å². The molecule has 2 aromatic carbocycles. The van der Waals surface area contributed by atoms with Crippen LogP contribution in [0.1, 0.15) is 27.1 Å². The van der Waals surface area contributed by atoms with E-state index >= 15 is 0 Å². The van der Waals surface area contributed by atoms with Gasteiger partial charge in [0.1, 0.15) is 0 Å². The van der Waals surface area contributed by atoms with E-state index in [9.17, 15) is 14.4 Å². The third kappa shape index (κ3) is 2.72. The fourth-order valence-corrected chi connectivity index (χ4v) is 4.16. The van der Waals surface area contributed by atoms with Crippen molar-refractivity contribution in [2.24, 2.45) is 0 Å². The van der Waals surface area contributed by atoms with Gasteiger partial charge in [-0.15, -0.1) is 11.8 Å². The molecule has 2 aliphatic rings. The van der Waals surface area contributed by atoms with Gasteiger partial charge >= 0.3 is 0 Å². The van der Waals surface area contributed by atoms with Crippen molar-refractivity contribution in [2.45, 2.75) is 11.3 Å². The summed E-state index contributed by atoms with van der Waals surface area (Å²) in [7, 11) is 0. The number of amides is 3. The molecule has 0 aromatic heterocycles. The van der Waals surface area contributed by atoms with Gasteiger partial charge in [-0.2, -0.15) is 0 Å². The van der Waals surface area contributed by atoms with Gasteiger partial charge in [0.2, 0.25) is 5.91 Å². The van der Waals surface area contributed by atoms with Gasteiger partial charge < -0.3 is 4.90 Å². The molecule has 2 aromatic rings. The molecule has 0 spiro atoms. The largest absolute Gasteiger partial charge is 0.311 e. The van der Waals surface area contributed by atoms with E-state index in [1.807, 2.05) is 24.3 Å². The zero-order chi connectivity index (χ0) is 17.4. The van der Waals surface area contributed by atoms with E-state index in [0.717, 1.165) is 10.6 Å². The van der Waals surface area contributed by atoms with Gasteiger partial charge in [-0.3, -0.25) is 19.3 Å². The molecule has 0 radical (unpaired) electrons. The molecule has 0 bridgehead atoms. The molecule has 0 unspecified atom stereocenters. The predicted octanol–water partition coefficient (Wildman–Crippen LogP) is 2.81. The third-order valence-corrected chi connectivity index (χ3v) is 5.50. The van der Waals surface area contributed by atoms with Crippen molar-refractivity contribution in [1.29, 1.82) is 0 Å². The summed E-state index contributed by atoms with van der Waals surface area (Å²) in [5.41, 5.74) is 1.83. The van der Waals surface area contributed by atoms with E-state index < -0.39 is 0 Å². The van der Waals surface area contributed by atoms with Crippen LogP contribution in [0.3, 0.4) is 0 Å². The van der Waals surface area contributed by atoms with Crippen molar-refractivity contribution in [1.82, 2.24) is 4.90 Å². The molecule has 126 valence electrons. The maximum Gasteiger partial charge on any atom is 0.261 e. The van der Waals surface area contributed by atoms with Crippen LogP contribution >= 0.6 is 11.8 Å². The van der Waals surface area contributed by atoms with E-state index in [1.54, 1.807) is 40.9 Å². The summed E-state index contributed by atoms with van der Waals surface area (Å²) in [4.78, 5) is 41.1. The zero-order valence-electron chi connectivity index (χ0n) is 13.5. The topological polar surface area (TPSA) is 57.7 Å². The Morgan fingerprint density at radius 1 is 0.800 bits per heavy atom. The molecule has 4 rings (SSSR count). The molecule has 0 saturated carbocycles. The lowest BCUT2D eigenvalue weighted by Gasteiger charge is -2.29. The molecular formula is C19H16N2O3S. The highest BCUT2D eigenvalue weighted by Gasteiger charge is 2.35. The predicted molar refractivity (Wildman–Crippen MR) is 95.9 cm³/mol. The quantitative estimate of drug-likeness (QED) is 0.794. The Morgan fingerprint density at radius 2 is 1.40 bits per heavy atom. The van der Waals surface area contributed by atoms with Crippen molar-refractivity contribution in [2.75, 3.05) is 23.7 Å². The molecular weight excluding hydrogens is 336 g/mol. The van der Waals surface area contributed by atoms with E-state index in [4.69, 9.17) is 0 Å². The number of hydrogen-bond donors (Lipinski definition) is 0. The number of carbonyl (C=O) groups excluding carboxylic acids is 3. The highest BCUT2D eigenvalue weighted by atomic mass is 32.2. The minimum absolute atomic E-state index is 0.0612. The first kappa shape index (κ1) is 15.9. The van der Waals surface area contributed by atoms with Crippen LogP contribution in [-0.4, -0.2) is 41.5 Å². The molecule has 6 heteroatoms. The monoisotopic (exact) mass is 352 g/mol. The number of thioether (sulfide) groups is 1. The van der Waals surface area contributed by atoms with Crippen LogP contribution in [0.2, 0.25) is 0 Å². The Hall–Kier alpha value is -2.60. The molecule has 0 fully saturated rings. The van der Waals surface area contributed by atoms with E-state index in [-0.39, 0.29) is 17.7 Å².